The van der Waals surface area contributed by atoms with E-state index in [1.54, 1.807) is 0 Å². The monoisotopic (exact) mass is 261 g/mol. The van der Waals surface area contributed by atoms with Crippen LogP contribution in [0.3, 0.4) is 0 Å². The van der Waals surface area contributed by atoms with E-state index in [9.17, 15) is 4.79 Å². The van der Waals surface area contributed by atoms with Crippen molar-refractivity contribution in [2.45, 2.75) is 25.8 Å². The van der Waals surface area contributed by atoms with E-state index in [4.69, 9.17) is 5.11 Å². The molecule has 102 valence electrons. The Morgan fingerprint density at radius 3 is 3.00 bits per heavy atom. The average molecular weight is 261 g/mol. The van der Waals surface area contributed by atoms with Crippen LogP contribution in [-0.4, -0.2) is 30.8 Å². The van der Waals surface area contributed by atoms with E-state index < -0.39 is 6.09 Å². The summed E-state index contributed by atoms with van der Waals surface area (Å²) in [5.74, 6) is 0. The van der Waals surface area contributed by atoms with Gasteiger partial charge in [0.1, 0.15) is 0 Å². The van der Waals surface area contributed by atoms with E-state index in [1.165, 1.54) is 11.3 Å². The summed E-state index contributed by atoms with van der Waals surface area (Å²) in [5, 5.41) is 14.9. The van der Waals surface area contributed by atoms with Crippen molar-refractivity contribution in [3.8, 4) is 0 Å². The van der Waals surface area contributed by atoms with Crippen LogP contribution in [0.15, 0.2) is 12.1 Å². The van der Waals surface area contributed by atoms with Gasteiger partial charge in [-0.05, 0) is 11.6 Å². The van der Waals surface area contributed by atoms with Crippen LogP contribution >= 0.6 is 0 Å². The predicted octanol–water partition coefficient (Wildman–Crippen LogP) is 1.98. The van der Waals surface area contributed by atoms with Crippen molar-refractivity contribution in [3.63, 3.8) is 0 Å². The number of carboxylic acid groups (broad SMARTS) is 1. The Bertz CT molecular complexity index is 540. The molecule has 0 saturated heterocycles. The zero-order valence-electron chi connectivity index (χ0n) is 11.3. The van der Waals surface area contributed by atoms with Gasteiger partial charge in [-0.3, -0.25) is 5.32 Å². The zero-order valence-corrected chi connectivity index (χ0v) is 11.3. The maximum atomic E-state index is 11.0. The summed E-state index contributed by atoms with van der Waals surface area (Å²) < 4.78 is 0. The summed E-state index contributed by atoms with van der Waals surface area (Å²) >= 11 is 0. The molecule has 2 aliphatic rings. The number of anilines is 2. The summed E-state index contributed by atoms with van der Waals surface area (Å²) in [7, 11) is 0. The standard InChI is InChI=1S/C14H19N3O2/c1-14(2)8-17-6-5-15-7-9-3-4-10(16-13(18)19)11(14)12(9)17/h3-4,15-16H,5-8H2,1-2H3,(H,18,19). The number of amides is 1. The van der Waals surface area contributed by atoms with Crippen LogP contribution in [-0.2, 0) is 12.0 Å². The quantitative estimate of drug-likeness (QED) is 0.723. The molecule has 19 heavy (non-hydrogen) atoms. The first-order chi connectivity index (χ1) is 8.99. The van der Waals surface area contributed by atoms with Crippen LogP contribution in [0.2, 0.25) is 0 Å². The van der Waals surface area contributed by atoms with E-state index in [2.05, 4.69) is 29.4 Å². The highest BCUT2D eigenvalue weighted by Gasteiger charge is 2.39. The van der Waals surface area contributed by atoms with Gasteiger partial charge in [0.2, 0.25) is 0 Å². The van der Waals surface area contributed by atoms with Gasteiger partial charge in [-0.2, -0.15) is 0 Å². The van der Waals surface area contributed by atoms with Gasteiger partial charge in [0.25, 0.3) is 0 Å². The predicted molar refractivity (Wildman–Crippen MR) is 75.0 cm³/mol. The Labute approximate surface area is 112 Å². The number of carbonyl (C=O) groups is 1. The smallest absolute Gasteiger partial charge is 0.409 e. The Kier molecular flexibility index (Phi) is 2.67. The zero-order chi connectivity index (χ0) is 13.6. The summed E-state index contributed by atoms with van der Waals surface area (Å²) in [6, 6.07) is 3.91. The van der Waals surface area contributed by atoms with Crippen LogP contribution < -0.4 is 15.5 Å². The molecule has 2 aliphatic heterocycles. The highest BCUT2D eigenvalue weighted by molar-refractivity contribution is 5.88. The maximum Gasteiger partial charge on any atom is 0.409 e. The summed E-state index contributed by atoms with van der Waals surface area (Å²) in [5.41, 5.74) is 4.31. The Hall–Kier alpha value is -1.75. The summed E-state index contributed by atoms with van der Waals surface area (Å²) in [4.78, 5) is 13.3. The van der Waals surface area contributed by atoms with E-state index in [-0.39, 0.29) is 5.41 Å². The molecule has 5 nitrogen and oxygen atoms in total. The van der Waals surface area contributed by atoms with Gasteiger partial charge in [-0.25, -0.2) is 4.79 Å². The Morgan fingerprint density at radius 1 is 1.47 bits per heavy atom. The van der Waals surface area contributed by atoms with Crippen LogP contribution in [0, 0.1) is 0 Å². The first kappa shape index (κ1) is 12.3. The Morgan fingerprint density at radius 2 is 2.26 bits per heavy atom. The number of benzene rings is 1. The third kappa shape index (κ3) is 1.94. The lowest BCUT2D eigenvalue weighted by Gasteiger charge is -2.22. The van der Waals surface area contributed by atoms with Crippen LogP contribution in [0.1, 0.15) is 25.0 Å². The van der Waals surface area contributed by atoms with Gasteiger partial charge < -0.3 is 15.3 Å². The normalized spacial score (nSPS) is 19.8. The highest BCUT2D eigenvalue weighted by Crippen LogP contribution is 2.47. The second-order valence-electron chi connectivity index (χ2n) is 5.91. The van der Waals surface area contributed by atoms with Crippen molar-refractivity contribution in [1.29, 1.82) is 0 Å². The Balaban J connectivity index is 2.18. The molecular weight excluding hydrogens is 242 g/mol. The van der Waals surface area contributed by atoms with Crippen LogP contribution in [0.25, 0.3) is 0 Å². The van der Waals surface area contributed by atoms with E-state index >= 15 is 0 Å². The molecule has 0 bridgehead atoms. The van der Waals surface area contributed by atoms with Crippen molar-refractivity contribution in [2.75, 3.05) is 29.9 Å². The number of hydrogen-bond donors (Lipinski definition) is 3. The van der Waals surface area contributed by atoms with Gasteiger partial charge in [0, 0.05) is 48.5 Å². The minimum Gasteiger partial charge on any atom is -0.465 e. The van der Waals surface area contributed by atoms with E-state index in [0.29, 0.717) is 0 Å². The van der Waals surface area contributed by atoms with Gasteiger partial charge in [0.15, 0.2) is 0 Å². The molecule has 2 heterocycles. The van der Waals surface area contributed by atoms with Crippen molar-refractivity contribution in [3.05, 3.63) is 23.3 Å². The number of nitrogens with zero attached hydrogens (tertiary/aromatic N) is 1. The average Bonchev–Trinajstić information content (AvgIpc) is 2.47. The molecule has 0 aromatic heterocycles. The lowest BCUT2D eigenvalue weighted by atomic mass is 9.84. The molecule has 0 saturated carbocycles. The van der Waals surface area contributed by atoms with E-state index in [0.717, 1.165) is 37.4 Å². The lowest BCUT2D eigenvalue weighted by molar-refractivity contribution is 0.209. The number of rotatable bonds is 1. The second kappa shape index (κ2) is 4.13. The molecular formula is C14H19N3O2. The molecule has 1 aromatic carbocycles. The fourth-order valence-corrected chi connectivity index (χ4v) is 3.31. The highest BCUT2D eigenvalue weighted by atomic mass is 16.4. The largest absolute Gasteiger partial charge is 0.465 e. The van der Waals surface area contributed by atoms with Gasteiger partial charge >= 0.3 is 6.09 Å². The summed E-state index contributed by atoms with van der Waals surface area (Å²) in [6.45, 7) is 8.08. The third-order valence-electron chi connectivity index (χ3n) is 3.96. The lowest BCUT2D eigenvalue weighted by Crippen LogP contribution is -2.32. The third-order valence-corrected chi connectivity index (χ3v) is 3.96. The van der Waals surface area contributed by atoms with E-state index in [1.807, 2.05) is 12.1 Å². The molecule has 0 radical (unpaired) electrons. The molecule has 3 N–H and O–H groups in total. The van der Waals surface area contributed by atoms with Gasteiger partial charge in [0.05, 0.1) is 0 Å². The van der Waals surface area contributed by atoms with Gasteiger partial charge in [-0.15, -0.1) is 0 Å². The van der Waals surface area contributed by atoms with Gasteiger partial charge in [-0.1, -0.05) is 19.9 Å². The molecule has 0 atom stereocenters. The molecule has 0 aliphatic carbocycles. The van der Waals surface area contributed by atoms with Crippen molar-refractivity contribution >= 4 is 17.5 Å². The minimum absolute atomic E-state index is 0.0273. The fraction of sp³-hybridized carbons (Fsp3) is 0.500. The summed E-state index contributed by atoms with van der Waals surface area (Å²) in [6.07, 6.45) is -1.00. The minimum atomic E-state index is -1.00. The topological polar surface area (TPSA) is 64.6 Å². The second-order valence-corrected chi connectivity index (χ2v) is 5.91. The number of hydrogen-bond acceptors (Lipinski definition) is 3. The van der Waals surface area contributed by atoms with Crippen LogP contribution in [0.5, 0.6) is 0 Å². The molecule has 5 heteroatoms. The molecule has 3 rings (SSSR count). The number of nitrogens with one attached hydrogen (secondary N) is 2. The molecule has 0 unspecified atom stereocenters. The maximum absolute atomic E-state index is 11.0. The molecule has 0 fully saturated rings. The molecule has 1 amide bonds. The first-order valence-corrected chi connectivity index (χ1v) is 6.61. The SMILES string of the molecule is CC1(C)CN2CCNCc3ccc(NC(=O)O)c1c32. The fourth-order valence-electron chi connectivity index (χ4n) is 3.31. The van der Waals surface area contributed by atoms with Crippen molar-refractivity contribution in [1.82, 2.24) is 5.32 Å². The molecule has 0 spiro atoms. The van der Waals surface area contributed by atoms with Crippen LogP contribution in [0.4, 0.5) is 16.2 Å². The first-order valence-electron chi connectivity index (χ1n) is 6.61. The molecule has 1 aromatic rings. The van der Waals surface area contributed by atoms with Crippen molar-refractivity contribution < 1.29 is 9.90 Å². The van der Waals surface area contributed by atoms with Crippen molar-refractivity contribution in [2.24, 2.45) is 0 Å².